The van der Waals surface area contributed by atoms with Gasteiger partial charge in [0.2, 0.25) is 0 Å². The van der Waals surface area contributed by atoms with Crippen molar-refractivity contribution in [1.82, 2.24) is 15.2 Å². The Bertz CT molecular complexity index is 359. The predicted octanol–water partition coefficient (Wildman–Crippen LogP) is 1.50. The van der Waals surface area contributed by atoms with Crippen molar-refractivity contribution in [3.05, 3.63) is 16.9 Å². The van der Waals surface area contributed by atoms with E-state index in [-0.39, 0.29) is 6.04 Å². The average molecular weight is 291 g/mol. The van der Waals surface area contributed by atoms with Gasteiger partial charge in [0.15, 0.2) is 0 Å². The minimum atomic E-state index is -0.0799. The van der Waals surface area contributed by atoms with Crippen molar-refractivity contribution >= 4 is 11.6 Å². The summed E-state index contributed by atoms with van der Waals surface area (Å²) in [6.07, 6.45) is 3.38. The van der Waals surface area contributed by atoms with Crippen LogP contribution in [0.25, 0.3) is 0 Å². The molecule has 1 rings (SSSR count). The Balaban J connectivity index is 2.65. The highest BCUT2D eigenvalue weighted by atomic mass is 35.5. The van der Waals surface area contributed by atoms with Gasteiger partial charge in [-0.3, -0.25) is 16.0 Å². The Morgan fingerprint density at radius 1 is 1.47 bits per heavy atom. The number of halogens is 1. The summed E-state index contributed by atoms with van der Waals surface area (Å²) in [6.45, 7) is 4.69. The van der Waals surface area contributed by atoms with Crippen molar-refractivity contribution < 1.29 is 9.47 Å². The first-order valence-electron chi connectivity index (χ1n) is 6.48. The first-order valence-corrected chi connectivity index (χ1v) is 6.86. The van der Waals surface area contributed by atoms with Gasteiger partial charge >= 0.3 is 0 Å². The highest BCUT2D eigenvalue weighted by molar-refractivity contribution is 6.31. The predicted molar refractivity (Wildman–Crippen MR) is 74.9 cm³/mol. The summed E-state index contributed by atoms with van der Waals surface area (Å²) < 4.78 is 12.4. The average Bonchev–Trinajstić information content (AvgIpc) is 2.78. The van der Waals surface area contributed by atoms with Gasteiger partial charge in [0.05, 0.1) is 36.1 Å². The molecule has 0 amide bonds. The van der Waals surface area contributed by atoms with Crippen LogP contribution < -0.4 is 11.3 Å². The molecular formula is C12H23ClN4O2. The molecule has 0 aliphatic rings. The van der Waals surface area contributed by atoms with Crippen molar-refractivity contribution in [1.29, 1.82) is 0 Å². The van der Waals surface area contributed by atoms with Gasteiger partial charge in [0.25, 0.3) is 0 Å². The fourth-order valence-electron chi connectivity index (χ4n) is 1.82. The number of aromatic nitrogens is 2. The zero-order valence-electron chi connectivity index (χ0n) is 11.6. The van der Waals surface area contributed by atoms with E-state index in [1.165, 1.54) is 0 Å². The van der Waals surface area contributed by atoms with Crippen LogP contribution >= 0.6 is 11.6 Å². The number of methoxy groups -OCH3 is 1. The molecule has 6 nitrogen and oxygen atoms in total. The van der Waals surface area contributed by atoms with E-state index < -0.39 is 0 Å². The SMILES string of the molecule is CCCOCCC(NN)c1c(Cl)cnn1CCOC. The number of hydrogen-bond donors (Lipinski definition) is 2. The second-order valence-electron chi connectivity index (χ2n) is 4.21. The molecule has 0 saturated carbocycles. The van der Waals surface area contributed by atoms with Crippen molar-refractivity contribution in [2.24, 2.45) is 5.84 Å². The lowest BCUT2D eigenvalue weighted by atomic mass is 10.1. The third-order valence-corrected chi connectivity index (χ3v) is 3.06. The fraction of sp³-hybridized carbons (Fsp3) is 0.750. The third-order valence-electron chi connectivity index (χ3n) is 2.77. The molecule has 110 valence electrons. The summed E-state index contributed by atoms with van der Waals surface area (Å²) in [5.41, 5.74) is 3.65. The summed E-state index contributed by atoms with van der Waals surface area (Å²) in [7, 11) is 1.65. The van der Waals surface area contributed by atoms with E-state index in [9.17, 15) is 0 Å². The summed E-state index contributed by atoms with van der Waals surface area (Å²) in [4.78, 5) is 0. The molecule has 0 aliphatic heterocycles. The summed E-state index contributed by atoms with van der Waals surface area (Å²) >= 11 is 6.18. The van der Waals surface area contributed by atoms with Gasteiger partial charge in [-0.05, 0) is 12.8 Å². The van der Waals surface area contributed by atoms with Crippen LogP contribution in [0.3, 0.4) is 0 Å². The second-order valence-corrected chi connectivity index (χ2v) is 4.62. The van der Waals surface area contributed by atoms with E-state index in [1.807, 2.05) is 4.68 Å². The molecule has 0 saturated heterocycles. The molecule has 1 heterocycles. The largest absolute Gasteiger partial charge is 0.383 e. The molecule has 1 aromatic rings. The lowest BCUT2D eigenvalue weighted by molar-refractivity contribution is 0.123. The number of nitrogens with one attached hydrogen (secondary N) is 1. The van der Waals surface area contributed by atoms with Crippen molar-refractivity contribution in [3.63, 3.8) is 0 Å². The number of hydrogen-bond acceptors (Lipinski definition) is 5. The van der Waals surface area contributed by atoms with Crippen molar-refractivity contribution in [3.8, 4) is 0 Å². The molecule has 0 spiro atoms. The minimum absolute atomic E-state index is 0.0799. The lowest BCUT2D eigenvalue weighted by Crippen LogP contribution is -2.31. The summed E-state index contributed by atoms with van der Waals surface area (Å²) in [5.74, 6) is 5.61. The Labute approximate surface area is 119 Å². The quantitative estimate of drug-likeness (QED) is 0.388. The van der Waals surface area contributed by atoms with Crippen LogP contribution in [0.1, 0.15) is 31.5 Å². The number of nitrogens with two attached hydrogens (primary N) is 1. The van der Waals surface area contributed by atoms with Crippen molar-refractivity contribution in [2.45, 2.75) is 32.4 Å². The van der Waals surface area contributed by atoms with Crippen LogP contribution in [-0.2, 0) is 16.0 Å². The minimum Gasteiger partial charge on any atom is -0.383 e. The van der Waals surface area contributed by atoms with Crippen LogP contribution in [0.4, 0.5) is 0 Å². The zero-order valence-corrected chi connectivity index (χ0v) is 12.3. The maximum Gasteiger partial charge on any atom is 0.0834 e. The van der Waals surface area contributed by atoms with Gasteiger partial charge < -0.3 is 9.47 Å². The van der Waals surface area contributed by atoms with Crippen LogP contribution in [0.2, 0.25) is 5.02 Å². The van der Waals surface area contributed by atoms with Gasteiger partial charge in [0, 0.05) is 20.3 Å². The number of ether oxygens (including phenoxy) is 2. The molecule has 0 fully saturated rings. The molecule has 1 unspecified atom stereocenters. The van der Waals surface area contributed by atoms with Crippen molar-refractivity contribution in [2.75, 3.05) is 26.9 Å². The molecule has 0 radical (unpaired) electrons. The molecule has 19 heavy (non-hydrogen) atoms. The number of rotatable bonds is 10. The maximum absolute atomic E-state index is 6.18. The first kappa shape index (κ1) is 16.4. The molecule has 7 heteroatoms. The molecule has 0 aliphatic carbocycles. The van der Waals surface area contributed by atoms with E-state index >= 15 is 0 Å². The van der Waals surface area contributed by atoms with E-state index in [0.717, 1.165) is 25.1 Å². The van der Waals surface area contributed by atoms with Crippen LogP contribution in [0.15, 0.2) is 6.20 Å². The Morgan fingerprint density at radius 2 is 2.26 bits per heavy atom. The molecule has 1 aromatic heterocycles. The second kappa shape index (κ2) is 9.28. The molecule has 3 N–H and O–H groups in total. The van der Waals surface area contributed by atoms with Gasteiger partial charge in [-0.2, -0.15) is 5.10 Å². The van der Waals surface area contributed by atoms with E-state index in [4.69, 9.17) is 26.9 Å². The monoisotopic (exact) mass is 290 g/mol. The van der Waals surface area contributed by atoms with Crippen LogP contribution in [-0.4, -0.2) is 36.7 Å². The normalized spacial score (nSPS) is 12.8. The number of nitrogens with zero attached hydrogens (tertiary/aromatic N) is 2. The molecule has 0 bridgehead atoms. The number of hydrazine groups is 1. The highest BCUT2D eigenvalue weighted by Crippen LogP contribution is 2.24. The third kappa shape index (κ3) is 5.08. The molecule has 0 aromatic carbocycles. The zero-order chi connectivity index (χ0) is 14.1. The lowest BCUT2D eigenvalue weighted by Gasteiger charge is -2.18. The highest BCUT2D eigenvalue weighted by Gasteiger charge is 2.19. The maximum atomic E-state index is 6.18. The molecular weight excluding hydrogens is 268 g/mol. The topological polar surface area (TPSA) is 74.3 Å². The van der Waals surface area contributed by atoms with E-state index in [1.54, 1.807) is 13.3 Å². The Hall–Kier alpha value is -0.660. The standard InChI is InChI=1S/C12H23ClN4O2/c1-3-6-19-7-4-11(16-14)12-10(13)9-15-17(12)5-8-18-2/h9,11,16H,3-8,14H2,1-2H3. The van der Waals surface area contributed by atoms with Gasteiger partial charge in [-0.1, -0.05) is 18.5 Å². The van der Waals surface area contributed by atoms with E-state index in [2.05, 4.69) is 17.4 Å². The molecule has 1 atom stereocenters. The fourth-order valence-corrected chi connectivity index (χ4v) is 2.09. The Kier molecular flexibility index (Phi) is 8.00. The van der Waals surface area contributed by atoms with Crippen LogP contribution in [0, 0.1) is 0 Å². The summed E-state index contributed by atoms with van der Waals surface area (Å²) in [6, 6.07) is -0.0799. The van der Waals surface area contributed by atoms with Gasteiger partial charge in [-0.15, -0.1) is 0 Å². The van der Waals surface area contributed by atoms with E-state index in [0.29, 0.717) is 24.8 Å². The smallest absolute Gasteiger partial charge is 0.0834 e. The Morgan fingerprint density at radius 3 is 2.89 bits per heavy atom. The summed E-state index contributed by atoms with van der Waals surface area (Å²) in [5, 5.41) is 4.84. The van der Waals surface area contributed by atoms with Gasteiger partial charge in [-0.25, -0.2) is 0 Å². The van der Waals surface area contributed by atoms with Crippen LogP contribution in [0.5, 0.6) is 0 Å². The first-order chi connectivity index (χ1) is 9.24. The van der Waals surface area contributed by atoms with Gasteiger partial charge in [0.1, 0.15) is 0 Å².